The minimum absolute atomic E-state index is 0.0820. The van der Waals surface area contributed by atoms with Crippen LogP contribution in [0.5, 0.6) is 0 Å². The number of rotatable bonds is 15. The molecular weight excluding hydrogens is 458 g/mol. The number of amides is 4. The Kier molecular flexibility index (Phi) is 11.1. The highest BCUT2D eigenvalue weighted by Crippen LogP contribution is 2.03. The summed E-state index contributed by atoms with van der Waals surface area (Å²) in [6, 6.07) is -5.95. The number of aliphatic hydroxyl groups is 1. The van der Waals surface area contributed by atoms with Crippen molar-refractivity contribution in [3.05, 3.63) is 18.2 Å². The van der Waals surface area contributed by atoms with Gasteiger partial charge in [0.15, 0.2) is 0 Å². The quantitative estimate of drug-likeness (QED) is 0.114. The second-order valence-corrected chi connectivity index (χ2v) is 7.19. The molecule has 0 spiro atoms. The van der Waals surface area contributed by atoms with Gasteiger partial charge in [0.05, 0.1) is 25.4 Å². The van der Waals surface area contributed by atoms with Crippen LogP contribution in [0, 0.1) is 0 Å². The molecular formula is C18H27N7O9. The fourth-order valence-electron chi connectivity index (χ4n) is 2.65. The van der Waals surface area contributed by atoms with Gasteiger partial charge >= 0.3 is 11.9 Å². The number of H-pyrrole nitrogens is 1. The predicted octanol–water partition coefficient (Wildman–Crippen LogP) is -4.45. The maximum absolute atomic E-state index is 12.8. The summed E-state index contributed by atoms with van der Waals surface area (Å²) >= 11 is 0. The van der Waals surface area contributed by atoms with Crippen LogP contribution in [-0.4, -0.2) is 91.6 Å². The molecule has 0 aliphatic carbocycles. The molecule has 188 valence electrons. The Balaban J connectivity index is 2.92. The fraction of sp³-hybridized carbons (Fsp3) is 0.500. The number of nitrogens with one attached hydrogen (secondary N) is 4. The first-order valence-corrected chi connectivity index (χ1v) is 9.92. The monoisotopic (exact) mass is 485 g/mol. The Morgan fingerprint density at radius 3 is 2.06 bits per heavy atom. The average Bonchev–Trinajstić information content (AvgIpc) is 3.27. The van der Waals surface area contributed by atoms with Gasteiger partial charge in [-0.2, -0.15) is 0 Å². The van der Waals surface area contributed by atoms with Gasteiger partial charge in [0.2, 0.25) is 23.6 Å². The number of aromatic nitrogens is 2. The Bertz CT molecular complexity index is 890. The van der Waals surface area contributed by atoms with E-state index in [9.17, 15) is 33.9 Å². The highest BCUT2D eigenvalue weighted by Gasteiger charge is 2.31. The van der Waals surface area contributed by atoms with Crippen molar-refractivity contribution in [1.82, 2.24) is 25.9 Å². The van der Waals surface area contributed by atoms with Gasteiger partial charge in [-0.25, -0.2) is 9.78 Å². The van der Waals surface area contributed by atoms with E-state index in [0.29, 0.717) is 5.69 Å². The highest BCUT2D eigenvalue weighted by molar-refractivity contribution is 5.94. The summed E-state index contributed by atoms with van der Waals surface area (Å²) in [7, 11) is 0. The largest absolute Gasteiger partial charge is 0.481 e. The number of imidazole rings is 1. The second-order valence-electron chi connectivity index (χ2n) is 7.19. The average molecular weight is 485 g/mol. The van der Waals surface area contributed by atoms with E-state index in [0.717, 1.165) is 0 Å². The van der Waals surface area contributed by atoms with Crippen molar-refractivity contribution in [3.8, 4) is 0 Å². The van der Waals surface area contributed by atoms with Gasteiger partial charge in [0.1, 0.15) is 18.1 Å². The summed E-state index contributed by atoms with van der Waals surface area (Å²) in [5.74, 6) is -6.69. The SMILES string of the molecule is NC(=O)CCC(N)C(=O)NC(Cc1cnc[nH]1)C(=O)NC(CO)C(=O)NC(CC(=O)O)C(=O)O. The van der Waals surface area contributed by atoms with E-state index in [4.69, 9.17) is 21.7 Å². The highest BCUT2D eigenvalue weighted by atomic mass is 16.4. The molecule has 1 rings (SSSR count). The molecule has 0 radical (unpaired) electrons. The number of carboxylic acids is 2. The molecule has 16 heteroatoms. The summed E-state index contributed by atoms with van der Waals surface area (Å²) in [6.45, 7) is -0.958. The molecule has 4 amide bonds. The first kappa shape index (κ1) is 28.0. The molecule has 1 aromatic heterocycles. The number of aliphatic hydroxyl groups excluding tert-OH is 1. The van der Waals surface area contributed by atoms with Crippen molar-refractivity contribution >= 4 is 35.6 Å². The second kappa shape index (κ2) is 13.5. The minimum atomic E-state index is -1.81. The fourth-order valence-corrected chi connectivity index (χ4v) is 2.65. The van der Waals surface area contributed by atoms with Crippen LogP contribution in [0.3, 0.4) is 0 Å². The van der Waals surface area contributed by atoms with Crippen LogP contribution >= 0.6 is 0 Å². The number of carboxylic acid groups (broad SMARTS) is 2. The molecule has 16 nitrogen and oxygen atoms in total. The van der Waals surface area contributed by atoms with E-state index >= 15 is 0 Å². The Morgan fingerprint density at radius 2 is 1.56 bits per heavy atom. The lowest BCUT2D eigenvalue weighted by Crippen LogP contribution is -2.58. The van der Waals surface area contributed by atoms with Crippen LogP contribution < -0.4 is 27.4 Å². The summed E-state index contributed by atoms with van der Waals surface area (Å²) in [5, 5.41) is 33.8. The van der Waals surface area contributed by atoms with Gasteiger partial charge in [-0.15, -0.1) is 0 Å². The third-order valence-corrected chi connectivity index (χ3v) is 4.46. The standard InChI is InChI=1S/C18H27N7O9/c19-9(1-2-13(20)27)15(30)23-10(3-8-5-21-7-22-8)16(31)25-12(6-26)17(32)24-11(18(33)34)4-14(28)29/h5,7,9-12,26H,1-4,6,19H2,(H2,20,27)(H,21,22)(H,23,30)(H,24,32)(H,25,31)(H,28,29)(H,33,34). The van der Waals surface area contributed by atoms with Gasteiger partial charge < -0.3 is 47.7 Å². The van der Waals surface area contributed by atoms with E-state index < -0.39 is 72.8 Å². The third-order valence-electron chi connectivity index (χ3n) is 4.46. The van der Waals surface area contributed by atoms with Gasteiger partial charge in [0.25, 0.3) is 0 Å². The third kappa shape index (κ3) is 9.61. The number of carbonyl (C=O) groups is 6. The van der Waals surface area contributed by atoms with Gasteiger partial charge in [-0.1, -0.05) is 0 Å². The molecule has 0 saturated carbocycles. The molecule has 0 aliphatic rings. The van der Waals surface area contributed by atoms with Crippen molar-refractivity contribution in [2.24, 2.45) is 11.5 Å². The zero-order valence-electron chi connectivity index (χ0n) is 17.9. The number of nitrogens with zero attached hydrogens (tertiary/aromatic N) is 1. The summed E-state index contributed by atoms with van der Waals surface area (Å²) in [4.78, 5) is 76.8. The van der Waals surface area contributed by atoms with Crippen LogP contribution in [0.25, 0.3) is 0 Å². The molecule has 0 saturated heterocycles. The van der Waals surface area contributed by atoms with Crippen molar-refractivity contribution in [3.63, 3.8) is 0 Å². The number of nitrogens with two attached hydrogens (primary N) is 2. The topological polar surface area (TPSA) is 280 Å². The van der Waals surface area contributed by atoms with E-state index in [1.54, 1.807) is 0 Å². The Morgan fingerprint density at radius 1 is 0.971 bits per heavy atom. The Hall–Kier alpha value is -4.05. The van der Waals surface area contributed by atoms with Crippen molar-refractivity contribution in [2.75, 3.05) is 6.61 Å². The van der Waals surface area contributed by atoms with E-state index in [1.165, 1.54) is 12.5 Å². The zero-order chi connectivity index (χ0) is 25.8. The zero-order valence-corrected chi connectivity index (χ0v) is 17.9. The van der Waals surface area contributed by atoms with Crippen LogP contribution in [0.2, 0.25) is 0 Å². The molecule has 34 heavy (non-hydrogen) atoms. The van der Waals surface area contributed by atoms with Crippen LogP contribution in [0.15, 0.2) is 12.5 Å². The van der Waals surface area contributed by atoms with Gasteiger partial charge in [-0.3, -0.25) is 24.0 Å². The lowest BCUT2D eigenvalue weighted by Gasteiger charge is -2.24. The molecule has 1 aromatic rings. The smallest absolute Gasteiger partial charge is 0.326 e. The summed E-state index contributed by atoms with van der Waals surface area (Å²) < 4.78 is 0. The van der Waals surface area contributed by atoms with Gasteiger partial charge in [-0.05, 0) is 6.42 Å². The van der Waals surface area contributed by atoms with Crippen LogP contribution in [-0.2, 0) is 35.2 Å². The normalized spacial score (nSPS) is 14.2. The van der Waals surface area contributed by atoms with Crippen molar-refractivity contribution in [2.45, 2.75) is 49.9 Å². The maximum atomic E-state index is 12.8. The molecule has 0 fully saturated rings. The number of aliphatic carboxylic acids is 2. The molecule has 0 aromatic carbocycles. The first-order valence-electron chi connectivity index (χ1n) is 9.92. The lowest BCUT2D eigenvalue weighted by molar-refractivity contribution is -0.147. The number of hydrogen-bond donors (Lipinski definition) is 9. The number of primary amides is 1. The number of hydrogen-bond acceptors (Lipinski definition) is 9. The molecule has 0 bridgehead atoms. The predicted molar refractivity (Wildman–Crippen MR) is 111 cm³/mol. The van der Waals surface area contributed by atoms with E-state index in [2.05, 4.69) is 20.6 Å². The van der Waals surface area contributed by atoms with Crippen LogP contribution in [0.1, 0.15) is 25.0 Å². The molecule has 1 heterocycles. The summed E-state index contributed by atoms with van der Waals surface area (Å²) in [6.07, 6.45) is 1.38. The van der Waals surface area contributed by atoms with E-state index in [1.807, 2.05) is 5.32 Å². The minimum Gasteiger partial charge on any atom is -0.481 e. The molecule has 4 atom stereocenters. The summed E-state index contributed by atoms with van der Waals surface area (Å²) in [5.41, 5.74) is 11.2. The molecule has 4 unspecified atom stereocenters. The maximum Gasteiger partial charge on any atom is 0.326 e. The number of carbonyl (C=O) groups excluding carboxylic acids is 4. The Labute approximate surface area is 192 Å². The first-order chi connectivity index (χ1) is 15.9. The molecule has 11 N–H and O–H groups in total. The van der Waals surface area contributed by atoms with E-state index in [-0.39, 0.29) is 19.3 Å². The van der Waals surface area contributed by atoms with Crippen molar-refractivity contribution in [1.29, 1.82) is 0 Å². The van der Waals surface area contributed by atoms with Crippen molar-refractivity contribution < 1.29 is 44.1 Å². The van der Waals surface area contributed by atoms with Gasteiger partial charge in [0, 0.05) is 24.7 Å². The lowest BCUT2D eigenvalue weighted by atomic mass is 10.1. The van der Waals surface area contributed by atoms with Crippen LogP contribution in [0.4, 0.5) is 0 Å². The molecule has 0 aliphatic heterocycles. The number of aromatic amines is 1.